The van der Waals surface area contributed by atoms with Crippen molar-refractivity contribution in [2.24, 2.45) is 0 Å². The third-order valence-corrected chi connectivity index (χ3v) is 13.3. The van der Waals surface area contributed by atoms with Crippen LogP contribution in [0.25, 0.3) is 0 Å². The zero-order valence-corrected chi connectivity index (χ0v) is 37.6. The van der Waals surface area contributed by atoms with Crippen LogP contribution in [0, 0.1) is 0 Å². The van der Waals surface area contributed by atoms with E-state index in [0.717, 1.165) is 32.0 Å². The maximum absolute atomic E-state index is 11.1. The number of hydrogen-bond donors (Lipinski definition) is 3. The van der Waals surface area contributed by atoms with Gasteiger partial charge >= 0.3 is 0 Å². The van der Waals surface area contributed by atoms with Gasteiger partial charge in [0.05, 0.1) is 39.1 Å². The quantitative estimate of drug-likeness (QED) is 0.0767. The van der Waals surface area contributed by atoms with Gasteiger partial charge in [-0.3, -0.25) is 0 Å². The van der Waals surface area contributed by atoms with Gasteiger partial charge in [-0.2, -0.15) is 0 Å². The van der Waals surface area contributed by atoms with Crippen molar-refractivity contribution < 1.29 is 43.7 Å². The molecule has 2 saturated heterocycles. The molecule has 6 aromatic rings. The highest BCUT2D eigenvalue weighted by Crippen LogP contribution is 2.39. The standard InChI is InChI=1S/C27H30O4S.C26H28O5S/c1-2-23-24(28)25(29-18-20-12-6-3-7-13-20)26(30-19-21-14-8-4-9-15-21)27(31-23)32-22-16-10-5-11-17-22;27-16-22-23(28)24(29-17-19-10-4-1-5-11-19)25(30-18-20-12-6-2-7-13-20)26(31-22)32-21-14-8-3-9-15-21/h3-17,23-28H,2,18-19H2,1H3;1-15,22-28H,16-18H2/t23?,24-,25-,26?,27+;22?,23-,24-,25?,26+/m11/s1. The Bertz CT molecular complexity index is 2000. The largest absolute Gasteiger partial charge is 0.394 e. The van der Waals surface area contributed by atoms with Gasteiger partial charge in [0, 0.05) is 9.79 Å². The number of hydrogen-bond acceptors (Lipinski definition) is 11. The van der Waals surface area contributed by atoms with Gasteiger partial charge in [-0.15, -0.1) is 0 Å². The van der Waals surface area contributed by atoms with E-state index in [1.54, 1.807) is 11.8 Å². The molecular weight excluding hydrogens is 845 g/mol. The molecule has 64 heavy (non-hydrogen) atoms. The van der Waals surface area contributed by atoms with Gasteiger partial charge in [0.15, 0.2) is 0 Å². The summed E-state index contributed by atoms with van der Waals surface area (Å²) in [5.74, 6) is 0. The molecule has 3 N–H and O–H groups in total. The SMILES string of the molecule is CCC1O[C@@H](Sc2ccccc2)C(OCc2ccccc2)[C@H](OCc2ccccc2)[C@@H]1O.OCC1O[C@@H](Sc2ccccc2)C(OCc2ccccc2)[C@H](OCc2ccccc2)[C@@H]1O. The fourth-order valence-electron chi connectivity index (χ4n) is 7.53. The normalized spacial score (nSPS) is 25.5. The minimum atomic E-state index is -1.02. The van der Waals surface area contributed by atoms with E-state index in [2.05, 4.69) is 12.1 Å². The number of aliphatic hydroxyl groups is 3. The number of rotatable bonds is 18. The molecule has 6 aromatic carbocycles. The first kappa shape index (κ1) is 47.6. The van der Waals surface area contributed by atoms with E-state index in [9.17, 15) is 15.3 Å². The summed E-state index contributed by atoms with van der Waals surface area (Å²) in [4.78, 5) is 2.11. The molecule has 9 nitrogen and oxygen atoms in total. The summed E-state index contributed by atoms with van der Waals surface area (Å²) in [5.41, 5.74) is 3.41. The van der Waals surface area contributed by atoms with Crippen molar-refractivity contribution in [3.05, 3.63) is 204 Å². The van der Waals surface area contributed by atoms with Crippen LogP contribution in [0.2, 0.25) is 0 Å². The molecule has 0 radical (unpaired) electrons. The van der Waals surface area contributed by atoms with Crippen LogP contribution in [0.1, 0.15) is 35.6 Å². The number of ether oxygens (including phenoxy) is 6. The molecule has 0 bridgehead atoms. The Labute approximate surface area is 385 Å². The van der Waals surface area contributed by atoms with Crippen LogP contribution in [-0.2, 0) is 54.8 Å². The van der Waals surface area contributed by atoms with Crippen molar-refractivity contribution in [1.29, 1.82) is 0 Å². The van der Waals surface area contributed by atoms with Crippen LogP contribution in [0.15, 0.2) is 192 Å². The lowest BCUT2D eigenvalue weighted by Gasteiger charge is -2.44. The van der Waals surface area contributed by atoms with Gasteiger partial charge in [-0.1, -0.05) is 188 Å². The molecule has 0 aromatic heterocycles. The first-order valence-corrected chi connectivity index (χ1v) is 23.6. The van der Waals surface area contributed by atoms with Gasteiger partial charge in [-0.05, 0) is 52.9 Å². The maximum atomic E-state index is 11.1. The molecule has 2 aliphatic rings. The fourth-order valence-corrected chi connectivity index (χ4v) is 9.82. The summed E-state index contributed by atoms with van der Waals surface area (Å²) in [7, 11) is 0. The summed E-state index contributed by atoms with van der Waals surface area (Å²) in [6.45, 7) is 3.25. The second kappa shape index (κ2) is 25.4. The maximum Gasteiger partial charge on any atom is 0.137 e. The average Bonchev–Trinajstić information content (AvgIpc) is 3.35. The van der Waals surface area contributed by atoms with Crippen LogP contribution < -0.4 is 0 Å². The number of thioether (sulfide) groups is 2. The molecule has 0 spiro atoms. The van der Waals surface area contributed by atoms with Gasteiger partial charge in [0.1, 0.15) is 53.6 Å². The van der Waals surface area contributed by atoms with E-state index in [0.29, 0.717) is 32.8 Å². The number of aliphatic hydroxyl groups excluding tert-OH is 3. The monoisotopic (exact) mass is 902 g/mol. The Balaban J connectivity index is 0.000000191. The molecule has 0 amide bonds. The predicted molar refractivity (Wildman–Crippen MR) is 251 cm³/mol. The molecule has 4 unspecified atom stereocenters. The van der Waals surface area contributed by atoms with Crippen LogP contribution in [0.3, 0.4) is 0 Å². The summed E-state index contributed by atoms with van der Waals surface area (Å²) in [5, 5.41) is 31.9. The lowest BCUT2D eigenvalue weighted by atomic mass is 9.97. The second-order valence-electron chi connectivity index (χ2n) is 15.6. The third-order valence-electron chi connectivity index (χ3n) is 11.0. The van der Waals surface area contributed by atoms with Crippen LogP contribution in [-0.4, -0.2) is 81.6 Å². The van der Waals surface area contributed by atoms with E-state index in [1.165, 1.54) is 11.8 Å². The molecule has 2 aliphatic heterocycles. The Kier molecular flexibility index (Phi) is 18.9. The molecule has 0 aliphatic carbocycles. The molecule has 8 rings (SSSR count). The minimum Gasteiger partial charge on any atom is -0.394 e. The highest BCUT2D eigenvalue weighted by molar-refractivity contribution is 8.00. The van der Waals surface area contributed by atoms with E-state index in [4.69, 9.17) is 28.4 Å². The minimum absolute atomic E-state index is 0.296. The summed E-state index contributed by atoms with van der Waals surface area (Å²) >= 11 is 3.12. The Morgan fingerprint density at radius 2 is 0.688 bits per heavy atom. The number of benzene rings is 6. The van der Waals surface area contributed by atoms with Crippen molar-refractivity contribution in [3.8, 4) is 0 Å². The average molecular weight is 903 g/mol. The van der Waals surface area contributed by atoms with Crippen LogP contribution in [0.5, 0.6) is 0 Å². The predicted octanol–water partition coefficient (Wildman–Crippen LogP) is 9.47. The van der Waals surface area contributed by atoms with Gasteiger partial charge in [0.25, 0.3) is 0 Å². The smallest absolute Gasteiger partial charge is 0.137 e. The second-order valence-corrected chi connectivity index (χ2v) is 17.9. The van der Waals surface area contributed by atoms with E-state index in [-0.39, 0.29) is 18.1 Å². The lowest BCUT2D eigenvalue weighted by molar-refractivity contribution is -0.237. The molecular formula is C53H58O9S2. The molecule has 10 atom stereocenters. The van der Waals surface area contributed by atoms with Crippen molar-refractivity contribution in [2.45, 2.75) is 109 Å². The van der Waals surface area contributed by atoms with Crippen molar-refractivity contribution >= 4 is 23.5 Å². The third kappa shape index (κ3) is 13.8. The summed E-state index contributed by atoms with van der Waals surface area (Å²) in [6, 6.07) is 59.8. The van der Waals surface area contributed by atoms with E-state index in [1.807, 2.05) is 177 Å². The zero-order chi connectivity index (χ0) is 44.4. The molecule has 2 fully saturated rings. The highest BCUT2D eigenvalue weighted by atomic mass is 32.2. The fraction of sp³-hybridized carbons (Fsp3) is 0.321. The topological polar surface area (TPSA) is 116 Å². The summed E-state index contributed by atoms with van der Waals surface area (Å²) < 4.78 is 37.6. The van der Waals surface area contributed by atoms with Gasteiger partial charge < -0.3 is 43.7 Å². The first-order valence-electron chi connectivity index (χ1n) is 21.8. The van der Waals surface area contributed by atoms with Crippen molar-refractivity contribution in [1.82, 2.24) is 0 Å². The molecule has 0 saturated carbocycles. The molecule has 336 valence electrons. The van der Waals surface area contributed by atoms with Crippen molar-refractivity contribution in [2.75, 3.05) is 6.61 Å². The van der Waals surface area contributed by atoms with E-state index < -0.39 is 48.2 Å². The lowest BCUT2D eigenvalue weighted by Crippen LogP contribution is -2.59. The Morgan fingerprint density at radius 1 is 0.406 bits per heavy atom. The van der Waals surface area contributed by atoms with Crippen molar-refractivity contribution in [3.63, 3.8) is 0 Å². The van der Waals surface area contributed by atoms with Crippen LogP contribution in [0.4, 0.5) is 0 Å². The van der Waals surface area contributed by atoms with Gasteiger partial charge in [-0.25, -0.2) is 0 Å². The molecule has 2 heterocycles. The molecule has 11 heteroatoms. The van der Waals surface area contributed by atoms with Gasteiger partial charge in [0.2, 0.25) is 0 Å². The zero-order valence-electron chi connectivity index (χ0n) is 35.9. The van der Waals surface area contributed by atoms with Crippen LogP contribution >= 0.6 is 23.5 Å². The summed E-state index contributed by atoms with van der Waals surface area (Å²) in [6.07, 6.45) is -4.28. The van der Waals surface area contributed by atoms with E-state index >= 15 is 0 Å². The Morgan fingerprint density at radius 3 is 1.00 bits per heavy atom. The Hall–Kier alpha value is -4.34. The first-order chi connectivity index (χ1) is 31.5. The highest BCUT2D eigenvalue weighted by Gasteiger charge is 2.48.